The summed E-state index contributed by atoms with van der Waals surface area (Å²) in [6, 6.07) is 7.28. The van der Waals surface area contributed by atoms with Crippen LogP contribution in [0.15, 0.2) is 49.1 Å². The largest absolute Gasteiger partial charge is 0.399 e. The van der Waals surface area contributed by atoms with Crippen molar-refractivity contribution in [1.29, 1.82) is 0 Å². The molecule has 9 heteroatoms. The normalized spacial score (nSPS) is 11.7. The van der Waals surface area contributed by atoms with Gasteiger partial charge in [0.05, 0.1) is 24.0 Å². The van der Waals surface area contributed by atoms with E-state index in [-0.39, 0.29) is 12.5 Å². The Bertz CT molecular complexity index is 1230. The summed E-state index contributed by atoms with van der Waals surface area (Å²) in [7, 11) is 0. The molecule has 0 bridgehead atoms. The summed E-state index contributed by atoms with van der Waals surface area (Å²) < 4.78 is 3.15. The number of nitrogens with zero attached hydrogens (tertiary/aromatic N) is 5. The van der Waals surface area contributed by atoms with Crippen LogP contribution in [-0.4, -0.2) is 41.0 Å². The SMILES string of the molecule is Cc1ccc(N)cc1-c1nn(CC(C)(C)O)cc1NC(=O)c1cnn2cccnc12. The van der Waals surface area contributed by atoms with Crippen molar-refractivity contribution in [1.82, 2.24) is 24.4 Å². The van der Waals surface area contributed by atoms with Gasteiger partial charge in [0.1, 0.15) is 11.3 Å². The van der Waals surface area contributed by atoms with Gasteiger partial charge in [-0.15, -0.1) is 0 Å². The summed E-state index contributed by atoms with van der Waals surface area (Å²) >= 11 is 0. The second kappa shape index (κ2) is 7.27. The fourth-order valence-electron chi connectivity index (χ4n) is 3.26. The number of anilines is 2. The van der Waals surface area contributed by atoms with E-state index in [1.54, 1.807) is 43.2 Å². The molecule has 0 aliphatic carbocycles. The fourth-order valence-corrected chi connectivity index (χ4v) is 3.26. The average Bonchev–Trinajstić information content (AvgIpc) is 3.26. The van der Waals surface area contributed by atoms with E-state index >= 15 is 0 Å². The third-order valence-electron chi connectivity index (χ3n) is 4.60. The lowest BCUT2D eigenvalue weighted by molar-refractivity contribution is 0.0578. The second-order valence-electron chi connectivity index (χ2n) is 7.88. The number of amides is 1. The first-order chi connectivity index (χ1) is 14.2. The number of aliphatic hydroxyl groups is 1. The maximum atomic E-state index is 13.0. The van der Waals surface area contributed by atoms with Crippen molar-refractivity contribution in [2.24, 2.45) is 0 Å². The minimum Gasteiger partial charge on any atom is -0.399 e. The van der Waals surface area contributed by atoms with Crippen LogP contribution < -0.4 is 11.1 Å². The monoisotopic (exact) mass is 405 g/mol. The minimum absolute atomic E-state index is 0.259. The number of fused-ring (bicyclic) bond motifs is 1. The maximum absolute atomic E-state index is 13.0. The Kier molecular flexibility index (Phi) is 4.75. The minimum atomic E-state index is -0.971. The van der Waals surface area contributed by atoms with Crippen molar-refractivity contribution in [3.63, 3.8) is 0 Å². The van der Waals surface area contributed by atoms with E-state index in [0.29, 0.717) is 28.3 Å². The zero-order valence-electron chi connectivity index (χ0n) is 17.0. The summed E-state index contributed by atoms with van der Waals surface area (Å²) in [4.78, 5) is 17.2. The Morgan fingerprint density at radius 3 is 2.90 bits per heavy atom. The van der Waals surface area contributed by atoms with Crippen LogP contribution in [0.4, 0.5) is 11.4 Å². The number of hydrogen-bond donors (Lipinski definition) is 3. The van der Waals surface area contributed by atoms with Gasteiger partial charge in [-0.25, -0.2) is 9.50 Å². The van der Waals surface area contributed by atoms with E-state index in [0.717, 1.165) is 11.1 Å². The zero-order valence-corrected chi connectivity index (χ0v) is 17.0. The standard InChI is InChI=1S/C21H23N7O2/c1-13-5-6-14(22)9-15(13)18-17(11-27(26-18)12-21(2,3)30)25-20(29)16-10-24-28-8-4-7-23-19(16)28/h4-11,30H,12,22H2,1-3H3,(H,25,29). The lowest BCUT2D eigenvalue weighted by Gasteiger charge is -2.16. The Hall–Kier alpha value is -3.72. The van der Waals surface area contributed by atoms with Gasteiger partial charge < -0.3 is 16.2 Å². The fraction of sp³-hybridized carbons (Fsp3) is 0.238. The molecule has 0 atom stereocenters. The third-order valence-corrected chi connectivity index (χ3v) is 4.60. The number of rotatable bonds is 5. The summed E-state index contributed by atoms with van der Waals surface area (Å²) in [5.74, 6) is -0.352. The van der Waals surface area contributed by atoms with Gasteiger partial charge in [0.25, 0.3) is 5.91 Å². The van der Waals surface area contributed by atoms with Crippen LogP contribution in [0.5, 0.6) is 0 Å². The van der Waals surface area contributed by atoms with Crippen LogP contribution in [0.2, 0.25) is 0 Å². The average molecular weight is 405 g/mol. The summed E-state index contributed by atoms with van der Waals surface area (Å²) in [5, 5.41) is 21.9. The van der Waals surface area contributed by atoms with Gasteiger partial charge in [-0.3, -0.25) is 9.48 Å². The molecule has 0 saturated carbocycles. The van der Waals surface area contributed by atoms with E-state index in [1.807, 2.05) is 25.1 Å². The van der Waals surface area contributed by atoms with Crippen LogP contribution in [0, 0.1) is 6.92 Å². The first kappa shape index (κ1) is 19.6. The van der Waals surface area contributed by atoms with Crippen molar-refractivity contribution in [3.8, 4) is 11.3 Å². The van der Waals surface area contributed by atoms with E-state index in [4.69, 9.17) is 5.73 Å². The van der Waals surface area contributed by atoms with Crippen LogP contribution >= 0.6 is 0 Å². The van der Waals surface area contributed by atoms with Crippen molar-refractivity contribution in [3.05, 3.63) is 60.2 Å². The molecular formula is C21H23N7O2. The molecule has 0 spiro atoms. The molecule has 1 aromatic carbocycles. The molecule has 3 aromatic heterocycles. The third kappa shape index (κ3) is 3.87. The van der Waals surface area contributed by atoms with Crippen molar-refractivity contribution in [2.45, 2.75) is 32.9 Å². The summed E-state index contributed by atoms with van der Waals surface area (Å²) in [5.41, 5.74) is 9.26. The topological polar surface area (TPSA) is 123 Å². The molecule has 0 aliphatic rings. The Morgan fingerprint density at radius 1 is 1.33 bits per heavy atom. The van der Waals surface area contributed by atoms with Gasteiger partial charge in [0.15, 0.2) is 5.65 Å². The molecule has 4 N–H and O–H groups in total. The Labute approximate surface area is 173 Å². The van der Waals surface area contributed by atoms with E-state index < -0.39 is 5.60 Å². The van der Waals surface area contributed by atoms with Gasteiger partial charge >= 0.3 is 0 Å². The molecule has 0 saturated heterocycles. The van der Waals surface area contributed by atoms with E-state index in [2.05, 4.69) is 20.5 Å². The Morgan fingerprint density at radius 2 is 2.13 bits per heavy atom. The zero-order chi connectivity index (χ0) is 21.5. The van der Waals surface area contributed by atoms with Crippen molar-refractivity contribution < 1.29 is 9.90 Å². The molecule has 0 radical (unpaired) electrons. The summed E-state index contributed by atoms with van der Waals surface area (Å²) in [6.07, 6.45) is 6.51. The van der Waals surface area contributed by atoms with Crippen LogP contribution in [0.25, 0.3) is 16.9 Å². The molecular weight excluding hydrogens is 382 g/mol. The molecule has 4 aromatic rings. The predicted molar refractivity (Wildman–Crippen MR) is 114 cm³/mol. The number of aromatic nitrogens is 5. The van der Waals surface area contributed by atoms with E-state index in [1.165, 1.54) is 10.7 Å². The first-order valence-corrected chi connectivity index (χ1v) is 9.47. The first-order valence-electron chi connectivity index (χ1n) is 9.47. The van der Waals surface area contributed by atoms with Gasteiger partial charge in [-0.1, -0.05) is 6.07 Å². The van der Waals surface area contributed by atoms with E-state index in [9.17, 15) is 9.90 Å². The predicted octanol–water partition coefficient (Wildman–Crippen LogP) is 2.51. The molecule has 9 nitrogen and oxygen atoms in total. The molecule has 0 fully saturated rings. The molecule has 4 rings (SSSR count). The highest BCUT2D eigenvalue weighted by Gasteiger charge is 2.21. The number of hydrogen-bond acceptors (Lipinski definition) is 6. The summed E-state index contributed by atoms with van der Waals surface area (Å²) in [6.45, 7) is 5.60. The number of carbonyl (C=O) groups is 1. The highest BCUT2D eigenvalue weighted by Crippen LogP contribution is 2.31. The van der Waals surface area contributed by atoms with Crippen LogP contribution in [-0.2, 0) is 6.54 Å². The molecule has 154 valence electrons. The number of nitrogen functional groups attached to an aromatic ring is 1. The number of carbonyl (C=O) groups excluding carboxylic acids is 1. The van der Waals surface area contributed by atoms with Gasteiger partial charge in [-0.2, -0.15) is 10.2 Å². The number of aryl methyl sites for hydroxylation is 1. The quantitative estimate of drug-likeness (QED) is 0.438. The lowest BCUT2D eigenvalue weighted by Crippen LogP contribution is -2.26. The van der Waals surface area contributed by atoms with Crippen molar-refractivity contribution in [2.75, 3.05) is 11.1 Å². The molecule has 0 unspecified atom stereocenters. The second-order valence-corrected chi connectivity index (χ2v) is 7.88. The molecule has 1 amide bonds. The van der Waals surface area contributed by atoms with Gasteiger partial charge in [-0.05, 0) is 44.5 Å². The van der Waals surface area contributed by atoms with Gasteiger partial charge in [0, 0.05) is 29.8 Å². The highest BCUT2D eigenvalue weighted by molar-refractivity contribution is 6.09. The van der Waals surface area contributed by atoms with Gasteiger partial charge in [0.2, 0.25) is 0 Å². The molecule has 3 heterocycles. The maximum Gasteiger partial charge on any atom is 0.261 e. The highest BCUT2D eigenvalue weighted by atomic mass is 16.3. The lowest BCUT2D eigenvalue weighted by atomic mass is 10.0. The number of benzene rings is 1. The number of nitrogens with one attached hydrogen (secondary N) is 1. The number of nitrogens with two attached hydrogens (primary N) is 1. The van der Waals surface area contributed by atoms with Crippen LogP contribution in [0.3, 0.4) is 0 Å². The van der Waals surface area contributed by atoms with Crippen LogP contribution in [0.1, 0.15) is 29.8 Å². The molecule has 0 aliphatic heterocycles. The van der Waals surface area contributed by atoms with Crippen molar-refractivity contribution >= 4 is 22.9 Å². The Balaban J connectivity index is 1.76. The molecule has 30 heavy (non-hydrogen) atoms. The smallest absolute Gasteiger partial charge is 0.261 e.